The number of carbonyl (C=O) groups is 1. The van der Waals surface area contributed by atoms with Gasteiger partial charge in [0, 0.05) is 24.7 Å². The Balaban J connectivity index is 2.05. The normalized spacial score (nSPS) is 10.4. The Kier molecular flexibility index (Phi) is 4.40. The van der Waals surface area contributed by atoms with Gasteiger partial charge in [-0.25, -0.2) is 9.97 Å². The van der Waals surface area contributed by atoms with E-state index >= 15 is 0 Å². The number of carboxylic acids is 1. The van der Waals surface area contributed by atoms with Crippen LogP contribution in [0.25, 0.3) is 0 Å². The Bertz CT molecular complexity index is 554. The van der Waals surface area contributed by atoms with Crippen molar-refractivity contribution >= 4 is 17.7 Å². The molecular formula is C12H13N3O3S. The van der Waals surface area contributed by atoms with Gasteiger partial charge in [0.05, 0.1) is 19.4 Å². The molecule has 0 fully saturated rings. The SMILES string of the molecule is COc1ccc(Cn2ccnc2SCC(=O)O)cn1. The maximum absolute atomic E-state index is 10.6. The number of ether oxygens (including phenoxy) is 1. The number of rotatable bonds is 6. The summed E-state index contributed by atoms with van der Waals surface area (Å²) in [7, 11) is 1.57. The zero-order valence-electron chi connectivity index (χ0n) is 10.3. The van der Waals surface area contributed by atoms with E-state index in [1.165, 1.54) is 11.8 Å². The molecule has 7 heteroatoms. The number of thioether (sulfide) groups is 1. The zero-order chi connectivity index (χ0) is 13.7. The molecule has 0 amide bonds. The predicted molar refractivity (Wildman–Crippen MR) is 70.5 cm³/mol. The molecule has 0 unspecified atom stereocenters. The summed E-state index contributed by atoms with van der Waals surface area (Å²) in [4.78, 5) is 18.8. The second kappa shape index (κ2) is 6.24. The van der Waals surface area contributed by atoms with Crippen LogP contribution in [0.15, 0.2) is 35.9 Å². The molecule has 100 valence electrons. The van der Waals surface area contributed by atoms with Crippen LogP contribution in [0.3, 0.4) is 0 Å². The zero-order valence-corrected chi connectivity index (χ0v) is 11.1. The Morgan fingerprint density at radius 2 is 2.32 bits per heavy atom. The van der Waals surface area contributed by atoms with E-state index in [1.807, 2.05) is 16.8 Å². The molecule has 0 bridgehead atoms. The average molecular weight is 279 g/mol. The molecule has 0 saturated heterocycles. The third-order valence-corrected chi connectivity index (χ3v) is 3.35. The van der Waals surface area contributed by atoms with E-state index in [-0.39, 0.29) is 5.75 Å². The van der Waals surface area contributed by atoms with Crippen LogP contribution in [-0.2, 0) is 11.3 Å². The first kappa shape index (κ1) is 13.4. The van der Waals surface area contributed by atoms with Crippen LogP contribution in [0.2, 0.25) is 0 Å². The molecule has 6 nitrogen and oxygen atoms in total. The smallest absolute Gasteiger partial charge is 0.313 e. The van der Waals surface area contributed by atoms with Crippen LogP contribution >= 0.6 is 11.8 Å². The largest absolute Gasteiger partial charge is 0.481 e. The minimum Gasteiger partial charge on any atom is -0.481 e. The maximum Gasteiger partial charge on any atom is 0.313 e. The summed E-state index contributed by atoms with van der Waals surface area (Å²) < 4.78 is 6.88. The van der Waals surface area contributed by atoms with Crippen molar-refractivity contribution in [3.63, 3.8) is 0 Å². The van der Waals surface area contributed by atoms with Crippen LogP contribution in [0.4, 0.5) is 0 Å². The molecule has 2 heterocycles. The first-order chi connectivity index (χ1) is 9.19. The first-order valence-corrected chi connectivity index (χ1v) is 6.52. The minimum absolute atomic E-state index is 0.00211. The lowest BCUT2D eigenvalue weighted by Gasteiger charge is -2.07. The molecule has 0 aromatic carbocycles. The van der Waals surface area contributed by atoms with Gasteiger partial charge in [-0.15, -0.1) is 0 Å². The maximum atomic E-state index is 10.6. The molecule has 0 spiro atoms. The molecule has 2 aromatic heterocycles. The third-order valence-electron chi connectivity index (χ3n) is 2.36. The van der Waals surface area contributed by atoms with Gasteiger partial charge in [0.2, 0.25) is 5.88 Å². The molecule has 0 atom stereocenters. The fourth-order valence-electron chi connectivity index (χ4n) is 1.50. The van der Waals surface area contributed by atoms with Gasteiger partial charge in [0.15, 0.2) is 5.16 Å². The minimum atomic E-state index is -0.856. The summed E-state index contributed by atoms with van der Waals surface area (Å²) in [5.74, 6) is -0.293. The van der Waals surface area contributed by atoms with E-state index in [0.717, 1.165) is 5.56 Å². The summed E-state index contributed by atoms with van der Waals surface area (Å²) in [6, 6.07) is 3.70. The van der Waals surface area contributed by atoms with Crippen LogP contribution in [0.5, 0.6) is 5.88 Å². The molecule has 0 radical (unpaired) electrons. The first-order valence-electron chi connectivity index (χ1n) is 5.53. The van der Waals surface area contributed by atoms with Crippen molar-refractivity contribution in [1.29, 1.82) is 0 Å². The second-order valence-corrected chi connectivity index (χ2v) is 4.67. The van der Waals surface area contributed by atoms with Crippen molar-refractivity contribution < 1.29 is 14.6 Å². The highest BCUT2D eigenvalue weighted by atomic mass is 32.2. The lowest BCUT2D eigenvalue weighted by molar-refractivity contribution is -0.133. The van der Waals surface area contributed by atoms with Crippen molar-refractivity contribution in [2.45, 2.75) is 11.7 Å². The lowest BCUT2D eigenvalue weighted by Crippen LogP contribution is -2.04. The Morgan fingerprint density at radius 1 is 1.47 bits per heavy atom. The van der Waals surface area contributed by atoms with Crippen LogP contribution in [-0.4, -0.2) is 38.5 Å². The van der Waals surface area contributed by atoms with Crippen molar-refractivity contribution in [3.05, 3.63) is 36.3 Å². The van der Waals surface area contributed by atoms with Crippen LogP contribution in [0, 0.1) is 0 Å². The van der Waals surface area contributed by atoms with Gasteiger partial charge in [0.25, 0.3) is 0 Å². The average Bonchev–Trinajstić information content (AvgIpc) is 2.84. The second-order valence-electron chi connectivity index (χ2n) is 3.73. The van der Waals surface area contributed by atoms with E-state index in [4.69, 9.17) is 9.84 Å². The van der Waals surface area contributed by atoms with Gasteiger partial charge in [0.1, 0.15) is 0 Å². The molecule has 0 aliphatic carbocycles. The van der Waals surface area contributed by atoms with Gasteiger partial charge >= 0.3 is 5.97 Å². The highest BCUT2D eigenvalue weighted by Crippen LogP contribution is 2.17. The van der Waals surface area contributed by atoms with E-state index in [0.29, 0.717) is 17.6 Å². The van der Waals surface area contributed by atoms with Gasteiger partial charge in [-0.3, -0.25) is 4.79 Å². The molecule has 0 saturated carbocycles. The Labute approximate surface area is 114 Å². The molecule has 0 aliphatic heterocycles. The molecule has 2 aromatic rings. The van der Waals surface area contributed by atoms with E-state index in [9.17, 15) is 4.79 Å². The summed E-state index contributed by atoms with van der Waals surface area (Å²) >= 11 is 1.20. The number of aromatic nitrogens is 3. The van der Waals surface area contributed by atoms with E-state index in [2.05, 4.69) is 9.97 Å². The third kappa shape index (κ3) is 3.72. The Morgan fingerprint density at radius 3 is 2.95 bits per heavy atom. The highest BCUT2D eigenvalue weighted by molar-refractivity contribution is 7.99. The monoisotopic (exact) mass is 279 g/mol. The molecule has 19 heavy (non-hydrogen) atoms. The molecule has 2 rings (SSSR count). The number of carboxylic acid groups (broad SMARTS) is 1. The molecular weight excluding hydrogens is 266 g/mol. The number of methoxy groups -OCH3 is 1. The number of imidazole rings is 1. The summed E-state index contributed by atoms with van der Waals surface area (Å²) in [6.07, 6.45) is 5.19. The topological polar surface area (TPSA) is 77.2 Å². The number of nitrogens with zero attached hydrogens (tertiary/aromatic N) is 3. The molecule has 1 N–H and O–H groups in total. The number of pyridine rings is 1. The summed E-state index contributed by atoms with van der Waals surface area (Å²) in [5, 5.41) is 9.35. The number of hydrogen-bond acceptors (Lipinski definition) is 5. The van der Waals surface area contributed by atoms with E-state index < -0.39 is 5.97 Å². The standard InChI is InChI=1S/C12H13N3O3S/c1-18-10-3-2-9(6-14-10)7-15-5-4-13-12(15)19-8-11(16)17/h2-6H,7-8H2,1H3,(H,16,17). The fraction of sp³-hybridized carbons (Fsp3) is 0.250. The predicted octanol–water partition coefficient (Wildman–Crippen LogP) is 1.51. The van der Waals surface area contributed by atoms with Gasteiger partial charge in [-0.05, 0) is 5.56 Å². The fourth-order valence-corrected chi connectivity index (χ4v) is 2.18. The van der Waals surface area contributed by atoms with Crippen LogP contribution < -0.4 is 4.74 Å². The highest BCUT2D eigenvalue weighted by Gasteiger charge is 2.07. The molecule has 0 aliphatic rings. The van der Waals surface area contributed by atoms with Crippen LogP contribution in [0.1, 0.15) is 5.56 Å². The quantitative estimate of drug-likeness (QED) is 0.808. The van der Waals surface area contributed by atoms with Gasteiger partial charge < -0.3 is 14.4 Å². The number of aliphatic carboxylic acids is 1. The van der Waals surface area contributed by atoms with Crippen molar-refractivity contribution in [2.24, 2.45) is 0 Å². The number of hydrogen-bond donors (Lipinski definition) is 1. The van der Waals surface area contributed by atoms with Gasteiger partial charge in [-0.2, -0.15) is 0 Å². The van der Waals surface area contributed by atoms with Crippen molar-refractivity contribution in [3.8, 4) is 5.88 Å². The summed E-state index contributed by atoms with van der Waals surface area (Å²) in [6.45, 7) is 0.596. The van der Waals surface area contributed by atoms with Crippen molar-refractivity contribution in [2.75, 3.05) is 12.9 Å². The van der Waals surface area contributed by atoms with E-state index in [1.54, 1.807) is 25.6 Å². The summed E-state index contributed by atoms with van der Waals surface area (Å²) in [5.41, 5.74) is 0.996. The van der Waals surface area contributed by atoms with Gasteiger partial charge in [-0.1, -0.05) is 17.8 Å². The van der Waals surface area contributed by atoms with Crippen molar-refractivity contribution in [1.82, 2.24) is 14.5 Å². The lowest BCUT2D eigenvalue weighted by atomic mass is 10.3. The Hall–Kier alpha value is -2.02.